The van der Waals surface area contributed by atoms with Gasteiger partial charge < -0.3 is 10.1 Å². The molecule has 1 N–H and O–H groups in total. The van der Waals surface area contributed by atoms with Gasteiger partial charge in [-0.15, -0.1) is 0 Å². The average molecular weight is 270 g/mol. The molecule has 5 nitrogen and oxygen atoms in total. The molecule has 1 aliphatic rings. The minimum atomic E-state index is -2.86. The highest BCUT2D eigenvalue weighted by atomic mass is 32.2. The molecule has 18 heavy (non-hydrogen) atoms. The summed E-state index contributed by atoms with van der Waals surface area (Å²) in [4.78, 5) is 4.16. The van der Waals surface area contributed by atoms with Gasteiger partial charge in [-0.25, -0.2) is 13.4 Å². The van der Waals surface area contributed by atoms with Crippen LogP contribution in [0.2, 0.25) is 0 Å². The Hall–Kier alpha value is -1.14. The molecule has 0 saturated carbocycles. The molecule has 1 fully saturated rings. The lowest BCUT2D eigenvalue weighted by Gasteiger charge is -2.22. The molecule has 2 atom stereocenters. The highest BCUT2D eigenvalue weighted by molar-refractivity contribution is 7.91. The van der Waals surface area contributed by atoms with Crippen molar-refractivity contribution in [2.24, 2.45) is 5.92 Å². The van der Waals surface area contributed by atoms with Crippen LogP contribution in [0, 0.1) is 5.92 Å². The largest absolute Gasteiger partial charge is 0.481 e. The van der Waals surface area contributed by atoms with Crippen molar-refractivity contribution in [3.63, 3.8) is 0 Å². The van der Waals surface area contributed by atoms with Crippen molar-refractivity contribution in [1.29, 1.82) is 0 Å². The Bertz CT molecular complexity index is 499. The summed E-state index contributed by atoms with van der Waals surface area (Å²) >= 11 is 0. The van der Waals surface area contributed by atoms with Gasteiger partial charge in [0.25, 0.3) is 0 Å². The summed E-state index contributed by atoms with van der Waals surface area (Å²) in [6.45, 7) is 0. The van der Waals surface area contributed by atoms with Crippen LogP contribution in [0.5, 0.6) is 5.88 Å². The number of pyridine rings is 1. The molecule has 1 saturated heterocycles. The van der Waals surface area contributed by atoms with Gasteiger partial charge in [0.15, 0.2) is 9.84 Å². The van der Waals surface area contributed by atoms with Gasteiger partial charge in [-0.3, -0.25) is 0 Å². The maximum Gasteiger partial charge on any atom is 0.212 e. The molecule has 6 heteroatoms. The lowest BCUT2D eigenvalue weighted by Crippen LogP contribution is -2.26. The van der Waals surface area contributed by atoms with Crippen molar-refractivity contribution in [2.45, 2.75) is 12.5 Å². The van der Waals surface area contributed by atoms with Crippen LogP contribution >= 0.6 is 0 Å². The molecule has 0 radical (unpaired) electrons. The number of hydrogen-bond acceptors (Lipinski definition) is 5. The first-order chi connectivity index (χ1) is 8.55. The third kappa shape index (κ3) is 2.81. The summed E-state index contributed by atoms with van der Waals surface area (Å²) in [7, 11) is 0.561. The first-order valence-electron chi connectivity index (χ1n) is 5.93. The molecular weight excluding hydrogens is 252 g/mol. The number of ether oxygens (including phenoxy) is 1. The van der Waals surface area contributed by atoms with Crippen LogP contribution in [-0.2, 0) is 9.84 Å². The fourth-order valence-electron chi connectivity index (χ4n) is 2.46. The van der Waals surface area contributed by atoms with Gasteiger partial charge in [0.05, 0.1) is 18.6 Å². The van der Waals surface area contributed by atoms with Crippen molar-refractivity contribution >= 4 is 9.84 Å². The van der Waals surface area contributed by atoms with Crippen LogP contribution in [0.4, 0.5) is 0 Å². The minimum Gasteiger partial charge on any atom is -0.481 e. The third-order valence-electron chi connectivity index (χ3n) is 3.38. The van der Waals surface area contributed by atoms with Crippen molar-refractivity contribution in [3.8, 4) is 5.88 Å². The highest BCUT2D eigenvalue weighted by Crippen LogP contribution is 2.31. The highest BCUT2D eigenvalue weighted by Gasteiger charge is 2.33. The first-order valence-corrected chi connectivity index (χ1v) is 7.75. The summed E-state index contributed by atoms with van der Waals surface area (Å²) in [5, 5.41) is 3.19. The summed E-state index contributed by atoms with van der Waals surface area (Å²) < 4.78 is 28.1. The Labute approximate surface area is 107 Å². The summed E-state index contributed by atoms with van der Waals surface area (Å²) in [5.41, 5.74) is 1.00. The van der Waals surface area contributed by atoms with Crippen LogP contribution in [0.25, 0.3) is 0 Å². The number of nitrogens with zero attached hydrogens (tertiary/aromatic N) is 1. The van der Waals surface area contributed by atoms with Crippen LogP contribution in [0.15, 0.2) is 18.3 Å². The molecule has 0 amide bonds. The van der Waals surface area contributed by atoms with E-state index in [2.05, 4.69) is 10.3 Å². The monoisotopic (exact) mass is 270 g/mol. The van der Waals surface area contributed by atoms with Gasteiger partial charge in [0.1, 0.15) is 0 Å². The second-order valence-electron chi connectivity index (χ2n) is 4.56. The molecule has 100 valence electrons. The van der Waals surface area contributed by atoms with E-state index in [1.165, 1.54) is 0 Å². The van der Waals surface area contributed by atoms with E-state index in [-0.39, 0.29) is 17.7 Å². The van der Waals surface area contributed by atoms with Gasteiger partial charge in [-0.05, 0) is 24.9 Å². The number of rotatable bonds is 4. The van der Waals surface area contributed by atoms with Crippen molar-refractivity contribution in [3.05, 3.63) is 23.9 Å². The fraction of sp³-hybridized carbons (Fsp3) is 0.583. The number of sulfone groups is 1. The van der Waals surface area contributed by atoms with E-state index >= 15 is 0 Å². The molecule has 0 aliphatic carbocycles. The minimum absolute atomic E-state index is 0.0284. The van der Waals surface area contributed by atoms with E-state index in [1.54, 1.807) is 19.4 Å². The van der Waals surface area contributed by atoms with Gasteiger partial charge >= 0.3 is 0 Å². The normalized spacial score (nSPS) is 23.8. The van der Waals surface area contributed by atoms with Crippen LogP contribution < -0.4 is 10.1 Å². The average Bonchev–Trinajstić information content (AvgIpc) is 2.71. The second kappa shape index (κ2) is 5.24. The fourth-order valence-corrected chi connectivity index (χ4v) is 4.30. The topological polar surface area (TPSA) is 68.3 Å². The number of hydrogen-bond donors (Lipinski definition) is 1. The van der Waals surface area contributed by atoms with Crippen molar-refractivity contribution in [1.82, 2.24) is 10.3 Å². The van der Waals surface area contributed by atoms with E-state index in [9.17, 15) is 8.42 Å². The molecule has 1 aromatic rings. The van der Waals surface area contributed by atoms with Gasteiger partial charge in [0, 0.05) is 18.3 Å². The van der Waals surface area contributed by atoms with Crippen molar-refractivity contribution < 1.29 is 13.2 Å². The Morgan fingerprint density at radius 1 is 1.50 bits per heavy atom. The second-order valence-corrected chi connectivity index (χ2v) is 6.79. The van der Waals surface area contributed by atoms with E-state index in [4.69, 9.17) is 4.74 Å². The smallest absolute Gasteiger partial charge is 0.212 e. The molecule has 1 aliphatic heterocycles. The molecule has 1 aromatic heterocycles. The summed E-state index contributed by atoms with van der Waals surface area (Å²) in [6, 6.07) is 3.75. The standard InChI is InChI=1S/C12H18N2O3S/c1-13-12(10-5-6-18(15,16)8-10)9-3-4-11(17-2)14-7-9/h3-4,7,10,12-13H,5-6,8H2,1-2H3. The molecular formula is C12H18N2O3S. The quantitative estimate of drug-likeness (QED) is 0.876. The van der Waals surface area contributed by atoms with E-state index in [0.29, 0.717) is 18.1 Å². The van der Waals surface area contributed by atoms with Gasteiger partial charge in [0.2, 0.25) is 5.88 Å². The lowest BCUT2D eigenvalue weighted by molar-refractivity contribution is 0.392. The summed E-state index contributed by atoms with van der Waals surface area (Å²) in [5.74, 6) is 1.23. The first kappa shape index (κ1) is 13.3. The molecule has 0 aromatic carbocycles. The Kier molecular flexibility index (Phi) is 3.87. The Morgan fingerprint density at radius 3 is 2.72 bits per heavy atom. The molecule has 0 bridgehead atoms. The van der Waals surface area contributed by atoms with Gasteiger partial charge in [-0.1, -0.05) is 6.07 Å². The zero-order valence-electron chi connectivity index (χ0n) is 10.6. The van der Waals surface area contributed by atoms with Crippen molar-refractivity contribution in [2.75, 3.05) is 25.7 Å². The van der Waals surface area contributed by atoms with Crippen LogP contribution in [0.1, 0.15) is 18.0 Å². The molecule has 2 heterocycles. The zero-order chi connectivity index (χ0) is 13.2. The van der Waals surface area contributed by atoms with E-state index in [1.807, 2.05) is 13.1 Å². The maximum absolute atomic E-state index is 11.5. The number of methoxy groups -OCH3 is 1. The van der Waals surface area contributed by atoms with Gasteiger partial charge in [-0.2, -0.15) is 0 Å². The summed E-state index contributed by atoms with van der Waals surface area (Å²) in [6.07, 6.45) is 2.45. The number of aromatic nitrogens is 1. The number of nitrogens with one attached hydrogen (secondary N) is 1. The third-order valence-corrected chi connectivity index (χ3v) is 5.17. The van der Waals surface area contributed by atoms with Crippen LogP contribution in [0.3, 0.4) is 0 Å². The molecule has 2 rings (SSSR count). The predicted molar refractivity (Wildman–Crippen MR) is 69.4 cm³/mol. The Balaban J connectivity index is 2.18. The SMILES string of the molecule is CNC(c1ccc(OC)nc1)C1CCS(=O)(=O)C1. The molecule has 0 spiro atoms. The maximum atomic E-state index is 11.5. The van der Waals surface area contributed by atoms with E-state index < -0.39 is 9.84 Å². The lowest BCUT2D eigenvalue weighted by atomic mass is 9.94. The van der Waals surface area contributed by atoms with E-state index in [0.717, 1.165) is 5.56 Å². The zero-order valence-corrected chi connectivity index (χ0v) is 11.4. The molecule has 2 unspecified atom stereocenters. The van der Waals surface area contributed by atoms with Crippen LogP contribution in [-0.4, -0.2) is 39.1 Å². The Morgan fingerprint density at radius 2 is 2.28 bits per heavy atom. The predicted octanol–water partition coefficient (Wildman–Crippen LogP) is 0.785.